The fourth-order valence-electron chi connectivity index (χ4n) is 4.18. The Morgan fingerprint density at radius 1 is 1.26 bits per heavy atom. The smallest absolute Gasteiger partial charge is 0.326 e. The van der Waals surface area contributed by atoms with Crippen LogP contribution in [0.4, 0.5) is 16.0 Å². The summed E-state index contributed by atoms with van der Waals surface area (Å²) in [6.45, 7) is 5.77. The molecule has 1 saturated heterocycles. The van der Waals surface area contributed by atoms with Crippen molar-refractivity contribution in [3.05, 3.63) is 64.5 Å². The Kier molecular flexibility index (Phi) is 5.83. The SMILES string of the molecule is C/C=C/C1=CC(Nc2cc(N3CCNC(=O)C3)nc(Oc3ccc4c(c3F)C=C(C)C4)n2)=NC1. The molecule has 0 radical (unpaired) electrons. The second-order valence-corrected chi connectivity index (χ2v) is 8.43. The molecule has 0 unspecified atom stereocenters. The molecule has 174 valence electrons. The number of fused-ring (bicyclic) bond motifs is 1. The number of hydrogen-bond donors (Lipinski definition) is 2. The first kappa shape index (κ1) is 21.8. The Hall–Kier alpha value is -4.01. The van der Waals surface area contributed by atoms with E-state index < -0.39 is 5.82 Å². The van der Waals surface area contributed by atoms with Crippen LogP contribution in [0.5, 0.6) is 11.8 Å². The summed E-state index contributed by atoms with van der Waals surface area (Å²) in [6.07, 6.45) is 8.46. The lowest BCUT2D eigenvalue weighted by molar-refractivity contribution is -0.120. The summed E-state index contributed by atoms with van der Waals surface area (Å²) in [6, 6.07) is 5.19. The second kappa shape index (κ2) is 9.09. The van der Waals surface area contributed by atoms with Crippen molar-refractivity contribution in [3.8, 4) is 11.8 Å². The minimum absolute atomic E-state index is 0.0141. The fraction of sp³-hybridized carbons (Fsp3) is 0.280. The van der Waals surface area contributed by atoms with Gasteiger partial charge in [0.25, 0.3) is 0 Å². The van der Waals surface area contributed by atoms with Crippen LogP contribution < -0.4 is 20.3 Å². The Labute approximate surface area is 197 Å². The van der Waals surface area contributed by atoms with Crippen LogP contribution in [0.25, 0.3) is 6.08 Å². The second-order valence-electron chi connectivity index (χ2n) is 8.43. The summed E-state index contributed by atoms with van der Waals surface area (Å²) < 4.78 is 21.0. The molecule has 2 N–H and O–H groups in total. The zero-order valence-electron chi connectivity index (χ0n) is 19.1. The van der Waals surface area contributed by atoms with Gasteiger partial charge in [0.15, 0.2) is 11.6 Å². The van der Waals surface area contributed by atoms with E-state index in [4.69, 9.17) is 4.74 Å². The number of aliphatic imine (C=N–C) groups is 1. The van der Waals surface area contributed by atoms with Gasteiger partial charge in [0.05, 0.1) is 13.1 Å². The quantitative estimate of drug-likeness (QED) is 0.708. The third kappa shape index (κ3) is 4.54. The predicted octanol–water partition coefficient (Wildman–Crippen LogP) is 3.63. The van der Waals surface area contributed by atoms with E-state index in [-0.39, 0.29) is 24.2 Å². The molecule has 0 atom stereocenters. The van der Waals surface area contributed by atoms with Gasteiger partial charge in [-0.15, -0.1) is 0 Å². The molecule has 0 saturated carbocycles. The highest BCUT2D eigenvalue weighted by Crippen LogP contribution is 2.34. The van der Waals surface area contributed by atoms with Crippen LogP contribution in [0.3, 0.4) is 0 Å². The van der Waals surface area contributed by atoms with Gasteiger partial charge in [-0.2, -0.15) is 9.97 Å². The molecule has 1 aromatic carbocycles. The van der Waals surface area contributed by atoms with E-state index in [1.54, 1.807) is 12.1 Å². The summed E-state index contributed by atoms with van der Waals surface area (Å²) in [4.78, 5) is 27.2. The molecule has 1 fully saturated rings. The van der Waals surface area contributed by atoms with Gasteiger partial charge in [0.1, 0.15) is 17.5 Å². The highest BCUT2D eigenvalue weighted by Gasteiger charge is 2.22. The summed E-state index contributed by atoms with van der Waals surface area (Å²) in [5.41, 5.74) is 3.65. The van der Waals surface area contributed by atoms with Crippen LogP contribution in [0.2, 0.25) is 0 Å². The van der Waals surface area contributed by atoms with Gasteiger partial charge in [-0.25, -0.2) is 4.39 Å². The van der Waals surface area contributed by atoms with Gasteiger partial charge in [-0.3, -0.25) is 9.79 Å². The number of hydrogen-bond acceptors (Lipinski definition) is 7. The largest absolute Gasteiger partial charge is 0.421 e. The predicted molar refractivity (Wildman–Crippen MR) is 130 cm³/mol. The van der Waals surface area contributed by atoms with Crippen molar-refractivity contribution in [2.75, 3.05) is 36.4 Å². The van der Waals surface area contributed by atoms with Crippen LogP contribution >= 0.6 is 0 Å². The summed E-state index contributed by atoms with van der Waals surface area (Å²) in [5.74, 6) is 1.14. The lowest BCUT2D eigenvalue weighted by atomic mass is 10.1. The Morgan fingerprint density at radius 3 is 2.97 bits per heavy atom. The van der Waals surface area contributed by atoms with E-state index in [2.05, 4.69) is 25.6 Å². The van der Waals surface area contributed by atoms with Crippen LogP contribution in [-0.4, -0.2) is 47.9 Å². The minimum atomic E-state index is -0.436. The minimum Gasteiger partial charge on any atom is -0.421 e. The van der Waals surface area contributed by atoms with Crippen molar-refractivity contribution >= 4 is 29.5 Å². The van der Waals surface area contributed by atoms with E-state index in [0.717, 1.165) is 23.1 Å². The normalized spacial score (nSPS) is 17.3. The fourth-order valence-corrected chi connectivity index (χ4v) is 4.18. The number of amides is 1. The van der Waals surface area contributed by atoms with E-state index in [1.165, 1.54) is 0 Å². The molecule has 1 aliphatic carbocycles. The van der Waals surface area contributed by atoms with E-state index in [0.29, 0.717) is 42.7 Å². The first-order valence-electron chi connectivity index (χ1n) is 11.2. The van der Waals surface area contributed by atoms with Gasteiger partial charge in [-0.05, 0) is 43.5 Å². The number of benzene rings is 1. The third-order valence-corrected chi connectivity index (χ3v) is 5.74. The molecule has 9 heteroatoms. The van der Waals surface area contributed by atoms with Gasteiger partial charge >= 0.3 is 6.01 Å². The van der Waals surface area contributed by atoms with E-state index in [1.807, 2.05) is 49.1 Å². The number of ether oxygens (including phenoxy) is 1. The van der Waals surface area contributed by atoms with Gasteiger partial charge < -0.3 is 20.3 Å². The molecule has 2 aliphatic heterocycles. The molecule has 1 aromatic heterocycles. The topological polar surface area (TPSA) is 91.7 Å². The maximum Gasteiger partial charge on any atom is 0.326 e. The number of carbonyl (C=O) groups excluding carboxylic acids is 1. The maximum absolute atomic E-state index is 15.1. The number of halogens is 1. The highest BCUT2D eigenvalue weighted by molar-refractivity contribution is 6.05. The molecular formula is C25H25FN6O2. The first-order valence-corrected chi connectivity index (χ1v) is 11.2. The number of allylic oxidation sites excluding steroid dienone is 2. The van der Waals surface area contributed by atoms with E-state index >= 15 is 4.39 Å². The molecule has 3 heterocycles. The molecule has 3 aliphatic rings. The third-order valence-electron chi connectivity index (χ3n) is 5.74. The summed E-state index contributed by atoms with van der Waals surface area (Å²) in [5, 5.41) is 5.99. The van der Waals surface area contributed by atoms with Crippen LogP contribution in [0.15, 0.2) is 52.6 Å². The lowest BCUT2D eigenvalue weighted by Gasteiger charge is -2.28. The van der Waals surface area contributed by atoms with Crippen molar-refractivity contribution in [3.63, 3.8) is 0 Å². The van der Waals surface area contributed by atoms with Crippen molar-refractivity contribution in [2.24, 2.45) is 4.99 Å². The molecule has 1 amide bonds. The maximum atomic E-state index is 15.1. The molecular weight excluding hydrogens is 435 g/mol. The first-order chi connectivity index (χ1) is 16.5. The number of nitrogens with one attached hydrogen (secondary N) is 2. The highest BCUT2D eigenvalue weighted by atomic mass is 19.1. The summed E-state index contributed by atoms with van der Waals surface area (Å²) >= 11 is 0. The van der Waals surface area contributed by atoms with Crippen LogP contribution in [0.1, 0.15) is 25.0 Å². The van der Waals surface area contributed by atoms with E-state index in [9.17, 15) is 4.79 Å². The van der Waals surface area contributed by atoms with Crippen LogP contribution in [0, 0.1) is 5.82 Å². The summed E-state index contributed by atoms with van der Waals surface area (Å²) in [7, 11) is 0. The number of aromatic nitrogens is 2. The van der Waals surface area contributed by atoms with Gasteiger partial charge in [-0.1, -0.05) is 29.9 Å². The molecule has 0 spiro atoms. The molecule has 5 rings (SSSR count). The Balaban J connectivity index is 1.47. The zero-order valence-corrected chi connectivity index (χ0v) is 19.1. The molecule has 2 aromatic rings. The number of piperazine rings is 1. The standard InChI is InChI=1S/C25H25FN6O2/c1-3-4-16-11-20(28-13-16)29-21-12-22(32-8-7-27-23(33)14-32)31-25(30-21)34-19-6-5-17-9-15(2)10-18(17)24(19)26/h3-6,10-12H,7-9,13-14H2,1-2H3,(H,27,33)(H,28,29,30,31)/b4-3+. The zero-order chi connectivity index (χ0) is 23.7. The number of amidine groups is 1. The Bertz CT molecular complexity index is 1280. The number of anilines is 2. The lowest BCUT2D eigenvalue weighted by Crippen LogP contribution is -2.48. The van der Waals surface area contributed by atoms with Crippen molar-refractivity contribution in [1.29, 1.82) is 0 Å². The number of carbonyl (C=O) groups is 1. The average molecular weight is 461 g/mol. The number of nitrogens with zero attached hydrogens (tertiary/aromatic N) is 4. The van der Waals surface area contributed by atoms with Crippen molar-refractivity contribution < 1.29 is 13.9 Å². The monoisotopic (exact) mass is 460 g/mol. The molecule has 8 nitrogen and oxygen atoms in total. The van der Waals surface area contributed by atoms with Gasteiger partial charge in [0.2, 0.25) is 5.91 Å². The van der Waals surface area contributed by atoms with Crippen LogP contribution in [-0.2, 0) is 11.2 Å². The molecule has 34 heavy (non-hydrogen) atoms. The Morgan fingerprint density at radius 2 is 2.15 bits per heavy atom. The number of rotatable bonds is 5. The van der Waals surface area contributed by atoms with Gasteiger partial charge in [0, 0.05) is 24.7 Å². The van der Waals surface area contributed by atoms with Crippen molar-refractivity contribution in [1.82, 2.24) is 15.3 Å². The average Bonchev–Trinajstić information content (AvgIpc) is 3.42. The van der Waals surface area contributed by atoms with Crippen molar-refractivity contribution in [2.45, 2.75) is 20.3 Å². The molecule has 0 bridgehead atoms.